The van der Waals surface area contributed by atoms with Gasteiger partial charge in [-0.3, -0.25) is 4.99 Å². The molecule has 2 N–H and O–H groups in total. The lowest BCUT2D eigenvalue weighted by Crippen LogP contribution is -2.37. The molecule has 0 atom stereocenters. The van der Waals surface area contributed by atoms with Gasteiger partial charge in [-0.1, -0.05) is 29.8 Å². The Bertz CT molecular complexity index is 657. The van der Waals surface area contributed by atoms with Gasteiger partial charge in [-0.25, -0.2) is 4.98 Å². The van der Waals surface area contributed by atoms with Crippen molar-refractivity contribution in [1.29, 1.82) is 0 Å². The number of hydrogen-bond acceptors (Lipinski definition) is 3. The van der Waals surface area contributed by atoms with E-state index in [0.717, 1.165) is 40.2 Å². The fraction of sp³-hybridized carbons (Fsp3) is 0.375. The Labute approximate surface area is 163 Å². The highest BCUT2D eigenvalue weighted by atomic mass is 127. The fourth-order valence-electron chi connectivity index (χ4n) is 2.14. The summed E-state index contributed by atoms with van der Waals surface area (Å²) >= 11 is 7.91. The van der Waals surface area contributed by atoms with Gasteiger partial charge in [0.25, 0.3) is 0 Å². The van der Waals surface area contributed by atoms with Crippen LogP contribution in [0.2, 0.25) is 5.02 Å². The summed E-state index contributed by atoms with van der Waals surface area (Å²) in [5.41, 5.74) is 2.18. The van der Waals surface area contributed by atoms with Gasteiger partial charge < -0.3 is 10.6 Å². The summed E-state index contributed by atoms with van der Waals surface area (Å²) < 4.78 is 0. The van der Waals surface area contributed by atoms with Crippen molar-refractivity contribution in [3.8, 4) is 0 Å². The van der Waals surface area contributed by atoms with Crippen molar-refractivity contribution in [3.63, 3.8) is 0 Å². The Morgan fingerprint density at radius 1 is 1.26 bits per heavy atom. The molecule has 7 heteroatoms. The molecular weight excluding hydrogens is 443 g/mol. The summed E-state index contributed by atoms with van der Waals surface area (Å²) in [7, 11) is 1.77. The van der Waals surface area contributed by atoms with E-state index in [9.17, 15) is 0 Å². The zero-order chi connectivity index (χ0) is 15.9. The van der Waals surface area contributed by atoms with Crippen LogP contribution in [0.25, 0.3) is 0 Å². The van der Waals surface area contributed by atoms with Gasteiger partial charge in [0.15, 0.2) is 5.96 Å². The molecule has 0 unspecified atom stereocenters. The number of guanidine groups is 1. The van der Waals surface area contributed by atoms with E-state index in [1.165, 1.54) is 4.88 Å². The Morgan fingerprint density at radius 2 is 2.00 bits per heavy atom. The average molecular weight is 465 g/mol. The minimum Gasteiger partial charge on any atom is -0.356 e. The summed E-state index contributed by atoms with van der Waals surface area (Å²) in [6.07, 6.45) is 0.949. The van der Waals surface area contributed by atoms with E-state index in [4.69, 9.17) is 11.6 Å². The van der Waals surface area contributed by atoms with E-state index in [1.807, 2.05) is 31.2 Å². The monoisotopic (exact) mass is 464 g/mol. The number of rotatable bonds is 5. The van der Waals surface area contributed by atoms with E-state index in [2.05, 4.69) is 27.5 Å². The predicted molar refractivity (Wildman–Crippen MR) is 110 cm³/mol. The van der Waals surface area contributed by atoms with Crippen LogP contribution in [0.15, 0.2) is 29.3 Å². The highest BCUT2D eigenvalue weighted by molar-refractivity contribution is 14.0. The van der Waals surface area contributed by atoms with E-state index in [0.29, 0.717) is 6.54 Å². The van der Waals surface area contributed by atoms with Crippen LogP contribution in [-0.2, 0) is 13.0 Å². The number of thiazole rings is 1. The Balaban J connectivity index is 0.00000264. The molecule has 2 aromatic rings. The lowest BCUT2D eigenvalue weighted by Gasteiger charge is -2.12. The fourth-order valence-corrected chi connectivity index (χ4v) is 3.28. The van der Waals surface area contributed by atoms with Crippen molar-refractivity contribution in [3.05, 3.63) is 50.4 Å². The topological polar surface area (TPSA) is 49.3 Å². The van der Waals surface area contributed by atoms with Gasteiger partial charge in [-0.15, -0.1) is 35.3 Å². The van der Waals surface area contributed by atoms with Crippen LogP contribution in [0.1, 0.15) is 21.1 Å². The summed E-state index contributed by atoms with van der Waals surface area (Å²) in [5, 5.41) is 8.48. The third-order valence-electron chi connectivity index (χ3n) is 3.27. The van der Waals surface area contributed by atoms with Crippen LogP contribution in [0.4, 0.5) is 0 Å². The summed E-state index contributed by atoms with van der Waals surface area (Å²) in [6, 6.07) is 7.81. The van der Waals surface area contributed by atoms with Crippen molar-refractivity contribution in [2.75, 3.05) is 13.6 Å². The van der Waals surface area contributed by atoms with Crippen molar-refractivity contribution in [2.45, 2.75) is 26.8 Å². The van der Waals surface area contributed by atoms with E-state index >= 15 is 0 Å². The second kappa shape index (κ2) is 10.1. The number of aliphatic imine (C=N–C) groups is 1. The number of nitrogens with one attached hydrogen (secondary N) is 2. The summed E-state index contributed by atoms with van der Waals surface area (Å²) in [5.74, 6) is 0.777. The number of aryl methyl sites for hydroxylation is 2. The first kappa shape index (κ1) is 20.2. The molecule has 0 saturated heterocycles. The van der Waals surface area contributed by atoms with Crippen LogP contribution in [0.3, 0.4) is 0 Å². The number of hydrogen-bond donors (Lipinski definition) is 2. The van der Waals surface area contributed by atoms with Gasteiger partial charge in [-0.05, 0) is 25.5 Å². The normalized spacial score (nSPS) is 11.0. The summed E-state index contributed by atoms with van der Waals surface area (Å²) in [6.45, 7) is 5.57. The third kappa shape index (κ3) is 6.27. The maximum Gasteiger partial charge on any atom is 0.191 e. The van der Waals surface area contributed by atoms with Gasteiger partial charge in [0, 0.05) is 36.5 Å². The molecule has 2 rings (SSSR count). The Kier molecular flexibility index (Phi) is 8.86. The van der Waals surface area contributed by atoms with E-state index < -0.39 is 0 Å². The third-order valence-corrected chi connectivity index (χ3v) is 4.77. The zero-order valence-electron chi connectivity index (χ0n) is 13.5. The van der Waals surface area contributed by atoms with E-state index in [1.54, 1.807) is 18.4 Å². The molecule has 0 fully saturated rings. The highest BCUT2D eigenvalue weighted by Gasteiger charge is 2.05. The number of halogens is 2. The maximum absolute atomic E-state index is 6.15. The lowest BCUT2D eigenvalue weighted by atomic mass is 10.2. The number of benzene rings is 1. The highest BCUT2D eigenvalue weighted by Crippen LogP contribution is 2.17. The molecule has 1 aromatic heterocycles. The molecule has 0 aliphatic carbocycles. The molecule has 0 spiro atoms. The molecule has 0 aliphatic rings. The lowest BCUT2D eigenvalue weighted by molar-refractivity contribution is 0.796. The second-order valence-electron chi connectivity index (χ2n) is 4.94. The molecule has 0 saturated carbocycles. The molecule has 0 aliphatic heterocycles. The van der Waals surface area contributed by atoms with Crippen molar-refractivity contribution < 1.29 is 0 Å². The average Bonchev–Trinajstić information content (AvgIpc) is 2.82. The van der Waals surface area contributed by atoms with Gasteiger partial charge in [0.1, 0.15) is 0 Å². The van der Waals surface area contributed by atoms with Crippen molar-refractivity contribution in [1.82, 2.24) is 15.6 Å². The quantitative estimate of drug-likeness (QED) is 0.400. The smallest absolute Gasteiger partial charge is 0.191 e. The van der Waals surface area contributed by atoms with Crippen LogP contribution in [0, 0.1) is 13.8 Å². The molecule has 0 radical (unpaired) electrons. The standard InChI is InChI=1S/C16H21ClN4S.HI/c1-11-15(22-12(2)21-11)8-9-19-16(18-3)20-10-13-6-4-5-7-14(13)17;/h4-7H,8-10H2,1-3H3,(H2,18,19,20);1H. The second-order valence-corrected chi connectivity index (χ2v) is 6.63. The first-order valence-corrected chi connectivity index (χ1v) is 8.40. The van der Waals surface area contributed by atoms with Crippen LogP contribution in [0.5, 0.6) is 0 Å². The van der Waals surface area contributed by atoms with E-state index in [-0.39, 0.29) is 24.0 Å². The molecule has 4 nitrogen and oxygen atoms in total. The summed E-state index contributed by atoms with van der Waals surface area (Å²) in [4.78, 5) is 10.0. The van der Waals surface area contributed by atoms with Crippen molar-refractivity contribution in [2.24, 2.45) is 4.99 Å². The molecule has 0 bridgehead atoms. The minimum atomic E-state index is 0. The molecule has 1 aromatic carbocycles. The SMILES string of the molecule is CN=C(NCCc1sc(C)nc1C)NCc1ccccc1Cl.I. The van der Waals surface area contributed by atoms with Crippen LogP contribution in [-0.4, -0.2) is 24.5 Å². The first-order chi connectivity index (χ1) is 10.6. The largest absolute Gasteiger partial charge is 0.356 e. The number of nitrogens with zero attached hydrogens (tertiary/aromatic N) is 2. The Morgan fingerprint density at radius 3 is 2.61 bits per heavy atom. The van der Waals surface area contributed by atoms with Gasteiger partial charge in [0.2, 0.25) is 0 Å². The van der Waals surface area contributed by atoms with Gasteiger partial charge in [0.05, 0.1) is 10.7 Å². The molecule has 1 heterocycles. The van der Waals surface area contributed by atoms with Gasteiger partial charge >= 0.3 is 0 Å². The molecule has 126 valence electrons. The minimum absolute atomic E-state index is 0. The Hall–Kier alpha value is -0.860. The zero-order valence-corrected chi connectivity index (χ0v) is 17.4. The first-order valence-electron chi connectivity index (χ1n) is 7.21. The van der Waals surface area contributed by atoms with Crippen LogP contribution >= 0.6 is 46.9 Å². The van der Waals surface area contributed by atoms with Crippen molar-refractivity contribution >= 4 is 52.9 Å². The number of aromatic nitrogens is 1. The predicted octanol–water partition coefficient (Wildman–Crippen LogP) is 3.94. The maximum atomic E-state index is 6.15. The van der Waals surface area contributed by atoms with Crippen LogP contribution < -0.4 is 10.6 Å². The molecule has 23 heavy (non-hydrogen) atoms. The molecule has 0 amide bonds. The molecular formula is C16H22ClIN4S. The van der Waals surface area contributed by atoms with Gasteiger partial charge in [-0.2, -0.15) is 0 Å².